The van der Waals surface area contributed by atoms with Crippen molar-refractivity contribution in [3.63, 3.8) is 0 Å². The molecule has 1 aromatic rings. The minimum Gasteiger partial charge on any atom is -0.495 e. The van der Waals surface area contributed by atoms with Gasteiger partial charge in [0.2, 0.25) is 0 Å². The molecule has 0 saturated carbocycles. The fourth-order valence-electron chi connectivity index (χ4n) is 3.23. The number of hydrogen-bond donors (Lipinski definition) is 3. The average Bonchev–Trinajstić information content (AvgIpc) is 3.15. The van der Waals surface area contributed by atoms with Crippen molar-refractivity contribution in [3.05, 3.63) is 24.3 Å². The number of para-hydroxylation sites is 2. The number of methoxy groups -OCH3 is 1. The van der Waals surface area contributed by atoms with Crippen LogP contribution < -0.4 is 25.6 Å². The van der Waals surface area contributed by atoms with Crippen LogP contribution in [0.4, 0.5) is 10.5 Å². The van der Waals surface area contributed by atoms with Crippen molar-refractivity contribution in [1.82, 2.24) is 16.0 Å². The molecule has 8 heteroatoms. The number of amides is 1. The number of aliphatic imine (C=N–C) groups is 1. The normalized spacial score (nSPS) is 17.1. The summed E-state index contributed by atoms with van der Waals surface area (Å²) in [6.45, 7) is 9.38. The van der Waals surface area contributed by atoms with Crippen LogP contribution >= 0.6 is 0 Å². The zero-order valence-corrected chi connectivity index (χ0v) is 18.2. The Morgan fingerprint density at radius 2 is 1.93 bits per heavy atom. The van der Waals surface area contributed by atoms with Gasteiger partial charge in [-0.2, -0.15) is 0 Å². The predicted octanol–water partition coefficient (Wildman–Crippen LogP) is 2.21. The number of nitrogens with one attached hydrogen (secondary N) is 3. The molecule has 0 spiro atoms. The molecule has 1 aliphatic heterocycles. The minimum atomic E-state index is -0.492. The zero-order valence-electron chi connectivity index (χ0n) is 18.2. The topological polar surface area (TPSA) is 87.2 Å². The first-order chi connectivity index (χ1) is 13.8. The molecule has 0 aliphatic carbocycles. The number of hydrogen-bond acceptors (Lipinski definition) is 5. The van der Waals surface area contributed by atoms with Gasteiger partial charge in [0.15, 0.2) is 5.96 Å². The molecule has 3 N–H and O–H groups in total. The second-order valence-electron chi connectivity index (χ2n) is 8.08. The lowest BCUT2D eigenvalue weighted by Gasteiger charge is -2.21. The molecule has 1 aromatic carbocycles. The summed E-state index contributed by atoms with van der Waals surface area (Å²) in [6, 6.07) is 8.13. The van der Waals surface area contributed by atoms with E-state index in [4.69, 9.17) is 9.47 Å². The highest BCUT2D eigenvalue weighted by atomic mass is 16.6. The summed E-state index contributed by atoms with van der Waals surface area (Å²) in [5.74, 6) is 2.17. The number of carbonyl (C=O) groups is 1. The summed E-state index contributed by atoms with van der Waals surface area (Å²) in [4.78, 5) is 18.3. The van der Waals surface area contributed by atoms with E-state index in [9.17, 15) is 4.79 Å². The SMILES string of the molecule is CN=C(NCCNC(=O)OC(C)(C)C)NCC1CCN(c2ccccc2OC)C1. The highest BCUT2D eigenvalue weighted by Crippen LogP contribution is 2.31. The van der Waals surface area contributed by atoms with Crippen LogP contribution in [0.25, 0.3) is 0 Å². The number of rotatable bonds is 7. The first kappa shape index (κ1) is 22.6. The summed E-state index contributed by atoms with van der Waals surface area (Å²) in [7, 11) is 3.45. The summed E-state index contributed by atoms with van der Waals surface area (Å²) in [5.41, 5.74) is 0.654. The Morgan fingerprint density at radius 3 is 2.62 bits per heavy atom. The van der Waals surface area contributed by atoms with Gasteiger partial charge in [-0.15, -0.1) is 0 Å². The van der Waals surface area contributed by atoms with E-state index < -0.39 is 11.7 Å². The highest BCUT2D eigenvalue weighted by Gasteiger charge is 2.24. The van der Waals surface area contributed by atoms with E-state index in [-0.39, 0.29) is 0 Å². The Labute approximate surface area is 174 Å². The quantitative estimate of drug-likeness (QED) is 0.366. The van der Waals surface area contributed by atoms with Crippen LogP contribution in [-0.4, -0.2) is 64.5 Å². The molecule has 2 rings (SSSR count). The standard InChI is InChI=1S/C21H35N5O3/c1-21(2,3)29-20(27)24-12-11-23-19(22-4)25-14-16-10-13-26(15-16)17-8-6-7-9-18(17)28-5/h6-9,16H,10-15H2,1-5H3,(H,24,27)(H2,22,23,25). The smallest absolute Gasteiger partial charge is 0.407 e. The summed E-state index contributed by atoms with van der Waals surface area (Å²) < 4.78 is 10.7. The predicted molar refractivity (Wildman–Crippen MR) is 117 cm³/mol. The summed E-state index contributed by atoms with van der Waals surface area (Å²) >= 11 is 0. The molecular formula is C21H35N5O3. The summed E-state index contributed by atoms with van der Waals surface area (Å²) in [5, 5.41) is 9.31. The maximum atomic E-state index is 11.6. The molecule has 1 amide bonds. The molecular weight excluding hydrogens is 370 g/mol. The molecule has 0 aromatic heterocycles. The Morgan fingerprint density at radius 1 is 1.21 bits per heavy atom. The fraction of sp³-hybridized carbons (Fsp3) is 0.619. The maximum absolute atomic E-state index is 11.6. The van der Waals surface area contributed by atoms with Crippen molar-refractivity contribution in [2.75, 3.05) is 51.8 Å². The Balaban J connectivity index is 1.69. The lowest BCUT2D eigenvalue weighted by Crippen LogP contribution is -2.44. The van der Waals surface area contributed by atoms with Crippen molar-refractivity contribution in [1.29, 1.82) is 0 Å². The molecule has 1 saturated heterocycles. The molecule has 1 atom stereocenters. The second-order valence-corrected chi connectivity index (χ2v) is 8.08. The van der Waals surface area contributed by atoms with E-state index in [1.165, 1.54) is 0 Å². The van der Waals surface area contributed by atoms with E-state index in [1.54, 1.807) is 14.2 Å². The van der Waals surface area contributed by atoms with E-state index >= 15 is 0 Å². The Bertz CT molecular complexity index is 687. The fourth-order valence-corrected chi connectivity index (χ4v) is 3.23. The number of guanidine groups is 1. The van der Waals surface area contributed by atoms with Crippen molar-refractivity contribution >= 4 is 17.7 Å². The number of nitrogens with zero attached hydrogens (tertiary/aromatic N) is 2. The van der Waals surface area contributed by atoms with Gasteiger partial charge in [-0.1, -0.05) is 12.1 Å². The number of carbonyl (C=O) groups excluding carboxylic acids is 1. The van der Waals surface area contributed by atoms with Crippen molar-refractivity contribution in [2.24, 2.45) is 10.9 Å². The molecule has 29 heavy (non-hydrogen) atoms. The van der Waals surface area contributed by atoms with Crippen LogP contribution in [0.2, 0.25) is 0 Å². The van der Waals surface area contributed by atoms with Gasteiger partial charge in [0.05, 0.1) is 12.8 Å². The number of benzene rings is 1. The first-order valence-corrected chi connectivity index (χ1v) is 10.1. The van der Waals surface area contributed by atoms with Crippen LogP contribution in [0.5, 0.6) is 5.75 Å². The molecule has 1 unspecified atom stereocenters. The molecule has 1 fully saturated rings. The van der Waals surface area contributed by atoms with Crippen LogP contribution in [0.1, 0.15) is 27.2 Å². The number of anilines is 1. The highest BCUT2D eigenvalue weighted by molar-refractivity contribution is 5.79. The van der Waals surface area contributed by atoms with Gasteiger partial charge in [-0.05, 0) is 45.2 Å². The molecule has 8 nitrogen and oxygen atoms in total. The third kappa shape index (κ3) is 7.71. The van der Waals surface area contributed by atoms with Crippen LogP contribution in [-0.2, 0) is 4.74 Å². The van der Waals surface area contributed by atoms with Crippen LogP contribution in [0.3, 0.4) is 0 Å². The largest absolute Gasteiger partial charge is 0.495 e. The molecule has 0 bridgehead atoms. The molecule has 1 heterocycles. The number of ether oxygens (including phenoxy) is 2. The van der Waals surface area contributed by atoms with E-state index in [0.717, 1.165) is 43.5 Å². The Kier molecular flexibility index (Phi) is 8.42. The van der Waals surface area contributed by atoms with Crippen molar-refractivity contribution in [2.45, 2.75) is 32.8 Å². The molecule has 0 radical (unpaired) electrons. The third-order valence-electron chi connectivity index (χ3n) is 4.58. The van der Waals surface area contributed by atoms with E-state index in [1.807, 2.05) is 39.0 Å². The maximum Gasteiger partial charge on any atom is 0.407 e. The van der Waals surface area contributed by atoms with Gasteiger partial charge < -0.3 is 30.3 Å². The van der Waals surface area contributed by atoms with E-state index in [2.05, 4.69) is 31.9 Å². The van der Waals surface area contributed by atoms with Gasteiger partial charge in [0.1, 0.15) is 11.4 Å². The molecule has 1 aliphatic rings. The lowest BCUT2D eigenvalue weighted by atomic mass is 10.1. The van der Waals surface area contributed by atoms with Crippen LogP contribution in [0, 0.1) is 5.92 Å². The lowest BCUT2D eigenvalue weighted by molar-refractivity contribution is 0.0529. The second kappa shape index (κ2) is 10.8. The van der Waals surface area contributed by atoms with Gasteiger partial charge >= 0.3 is 6.09 Å². The molecule has 162 valence electrons. The Hall–Kier alpha value is -2.64. The number of alkyl carbamates (subject to hydrolysis) is 1. The van der Waals surface area contributed by atoms with Crippen molar-refractivity contribution in [3.8, 4) is 5.75 Å². The van der Waals surface area contributed by atoms with Gasteiger partial charge in [0.25, 0.3) is 0 Å². The summed E-state index contributed by atoms with van der Waals surface area (Å²) in [6.07, 6.45) is 0.701. The van der Waals surface area contributed by atoms with Crippen molar-refractivity contribution < 1.29 is 14.3 Å². The van der Waals surface area contributed by atoms with Gasteiger partial charge in [-0.25, -0.2) is 4.79 Å². The van der Waals surface area contributed by atoms with Gasteiger partial charge in [-0.3, -0.25) is 4.99 Å². The first-order valence-electron chi connectivity index (χ1n) is 10.1. The van der Waals surface area contributed by atoms with Gasteiger partial charge in [0, 0.05) is 39.8 Å². The zero-order chi connectivity index (χ0) is 21.3. The van der Waals surface area contributed by atoms with Crippen LogP contribution in [0.15, 0.2) is 29.3 Å². The average molecular weight is 406 g/mol. The monoisotopic (exact) mass is 405 g/mol. The van der Waals surface area contributed by atoms with E-state index in [0.29, 0.717) is 19.0 Å². The minimum absolute atomic E-state index is 0.412. The third-order valence-corrected chi connectivity index (χ3v) is 4.58.